The van der Waals surface area contributed by atoms with Crippen LogP contribution < -0.4 is 5.32 Å². The van der Waals surface area contributed by atoms with E-state index in [0.29, 0.717) is 6.04 Å². The molecule has 1 saturated carbocycles. The van der Waals surface area contributed by atoms with Crippen molar-refractivity contribution >= 4 is 0 Å². The molecular formula is C15H32N2O. The van der Waals surface area contributed by atoms with Crippen molar-refractivity contribution < 1.29 is 5.11 Å². The predicted molar refractivity (Wildman–Crippen MR) is 77.8 cm³/mol. The van der Waals surface area contributed by atoms with Gasteiger partial charge in [0.25, 0.3) is 0 Å². The molecule has 1 rings (SSSR count). The highest BCUT2D eigenvalue weighted by atomic mass is 16.3. The summed E-state index contributed by atoms with van der Waals surface area (Å²) in [5.74, 6) is 1.69. The standard InChI is InChI=1S/C15H32N2O/c1-5-13-6-7-15(16-3)14(10-13)11-17(4)9-8-12(2)18/h12-16,18H,5-11H2,1-4H3. The quantitative estimate of drug-likeness (QED) is 0.732. The van der Waals surface area contributed by atoms with E-state index in [0.717, 1.165) is 31.3 Å². The second-order valence-corrected chi connectivity index (χ2v) is 6.14. The first kappa shape index (κ1) is 15.9. The maximum Gasteiger partial charge on any atom is 0.0524 e. The zero-order chi connectivity index (χ0) is 13.5. The van der Waals surface area contributed by atoms with E-state index in [2.05, 4.69) is 31.2 Å². The molecule has 108 valence electrons. The Hall–Kier alpha value is -0.120. The molecule has 0 aliphatic heterocycles. The number of hydrogen-bond donors (Lipinski definition) is 2. The molecule has 4 unspecified atom stereocenters. The maximum atomic E-state index is 9.35. The van der Waals surface area contributed by atoms with Crippen molar-refractivity contribution in [3.8, 4) is 0 Å². The first-order chi connectivity index (χ1) is 8.56. The topological polar surface area (TPSA) is 35.5 Å². The van der Waals surface area contributed by atoms with E-state index in [1.165, 1.54) is 25.7 Å². The van der Waals surface area contributed by atoms with Crippen LogP contribution in [-0.4, -0.2) is 49.3 Å². The molecule has 0 saturated heterocycles. The summed E-state index contributed by atoms with van der Waals surface area (Å²) in [5.41, 5.74) is 0. The molecule has 1 fully saturated rings. The monoisotopic (exact) mass is 256 g/mol. The van der Waals surface area contributed by atoms with Gasteiger partial charge in [-0.05, 0) is 58.5 Å². The molecule has 18 heavy (non-hydrogen) atoms. The molecule has 0 amide bonds. The lowest BCUT2D eigenvalue weighted by atomic mass is 9.76. The average Bonchev–Trinajstić information content (AvgIpc) is 2.36. The Balaban J connectivity index is 2.40. The van der Waals surface area contributed by atoms with E-state index in [4.69, 9.17) is 0 Å². The third-order valence-electron chi connectivity index (χ3n) is 4.51. The zero-order valence-electron chi connectivity index (χ0n) is 12.7. The van der Waals surface area contributed by atoms with Crippen LogP contribution in [0.4, 0.5) is 0 Å². The fraction of sp³-hybridized carbons (Fsp3) is 1.00. The molecule has 4 atom stereocenters. The van der Waals surface area contributed by atoms with Gasteiger partial charge in [0.1, 0.15) is 0 Å². The van der Waals surface area contributed by atoms with E-state index in [1.807, 2.05) is 6.92 Å². The van der Waals surface area contributed by atoms with Crippen LogP contribution in [0.25, 0.3) is 0 Å². The van der Waals surface area contributed by atoms with Gasteiger partial charge < -0.3 is 15.3 Å². The van der Waals surface area contributed by atoms with Gasteiger partial charge in [-0.15, -0.1) is 0 Å². The second kappa shape index (κ2) is 8.13. The van der Waals surface area contributed by atoms with Gasteiger partial charge in [-0.3, -0.25) is 0 Å². The minimum atomic E-state index is -0.178. The van der Waals surface area contributed by atoms with Gasteiger partial charge in [-0.25, -0.2) is 0 Å². The van der Waals surface area contributed by atoms with E-state index < -0.39 is 0 Å². The van der Waals surface area contributed by atoms with Gasteiger partial charge in [0.2, 0.25) is 0 Å². The van der Waals surface area contributed by atoms with Gasteiger partial charge in [0.05, 0.1) is 6.10 Å². The number of nitrogens with zero attached hydrogens (tertiary/aromatic N) is 1. The van der Waals surface area contributed by atoms with Crippen molar-refractivity contribution in [1.29, 1.82) is 0 Å². The summed E-state index contributed by atoms with van der Waals surface area (Å²) in [5, 5.41) is 12.8. The van der Waals surface area contributed by atoms with Crippen molar-refractivity contribution in [2.75, 3.05) is 27.2 Å². The molecule has 0 spiro atoms. The third-order valence-corrected chi connectivity index (χ3v) is 4.51. The average molecular weight is 256 g/mol. The number of rotatable bonds is 7. The Kier molecular flexibility index (Phi) is 7.20. The molecule has 0 aromatic carbocycles. The molecule has 1 aliphatic rings. The lowest BCUT2D eigenvalue weighted by Gasteiger charge is -2.38. The molecule has 1 aliphatic carbocycles. The summed E-state index contributed by atoms with van der Waals surface area (Å²) in [6.07, 6.45) is 6.10. The van der Waals surface area contributed by atoms with Crippen LogP contribution in [0.1, 0.15) is 46.0 Å². The fourth-order valence-electron chi connectivity index (χ4n) is 3.21. The van der Waals surface area contributed by atoms with Crippen molar-refractivity contribution in [2.45, 2.75) is 58.1 Å². The Morgan fingerprint density at radius 2 is 2.11 bits per heavy atom. The van der Waals surface area contributed by atoms with Gasteiger partial charge in [0.15, 0.2) is 0 Å². The van der Waals surface area contributed by atoms with E-state index >= 15 is 0 Å². The third kappa shape index (κ3) is 5.25. The summed E-state index contributed by atoms with van der Waals surface area (Å²) in [6, 6.07) is 0.682. The van der Waals surface area contributed by atoms with Crippen LogP contribution >= 0.6 is 0 Å². The van der Waals surface area contributed by atoms with Crippen molar-refractivity contribution in [3.63, 3.8) is 0 Å². The number of aliphatic hydroxyl groups is 1. The highest BCUT2D eigenvalue weighted by Gasteiger charge is 2.29. The number of hydrogen-bond acceptors (Lipinski definition) is 3. The minimum Gasteiger partial charge on any atom is -0.393 e. The highest BCUT2D eigenvalue weighted by Crippen LogP contribution is 2.31. The minimum absolute atomic E-state index is 0.178. The second-order valence-electron chi connectivity index (χ2n) is 6.14. The summed E-state index contributed by atoms with van der Waals surface area (Å²) in [6.45, 7) is 6.35. The molecule has 0 aromatic rings. The van der Waals surface area contributed by atoms with E-state index in [1.54, 1.807) is 0 Å². The van der Waals surface area contributed by atoms with Gasteiger partial charge in [0, 0.05) is 19.1 Å². The summed E-state index contributed by atoms with van der Waals surface area (Å²) in [7, 11) is 4.28. The van der Waals surface area contributed by atoms with Crippen molar-refractivity contribution in [1.82, 2.24) is 10.2 Å². The SMILES string of the molecule is CCC1CCC(NC)C(CN(C)CCC(C)O)C1. The van der Waals surface area contributed by atoms with Gasteiger partial charge in [-0.1, -0.05) is 13.3 Å². The smallest absolute Gasteiger partial charge is 0.0524 e. The van der Waals surface area contributed by atoms with Crippen LogP contribution in [0.2, 0.25) is 0 Å². The number of nitrogens with one attached hydrogen (secondary N) is 1. The lowest BCUT2D eigenvalue weighted by molar-refractivity contribution is 0.132. The highest BCUT2D eigenvalue weighted by molar-refractivity contribution is 4.85. The van der Waals surface area contributed by atoms with Crippen molar-refractivity contribution in [3.05, 3.63) is 0 Å². The number of aliphatic hydroxyl groups excluding tert-OH is 1. The Bertz CT molecular complexity index is 221. The molecule has 0 heterocycles. The Morgan fingerprint density at radius 3 is 2.67 bits per heavy atom. The lowest BCUT2D eigenvalue weighted by Crippen LogP contribution is -2.44. The van der Waals surface area contributed by atoms with Gasteiger partial charge >= 0.3 is 0 Å². The fourth-order valence-corrected chi connectivity index (χ4v) is 3.21. The van der Waals surface area contributed by atoms with Crippen LogP contribution in [0.5, 0.6) is 0 Å². The van der Waals surface area contributed by atoms with Crippen molar-refractivity contribution in [2.24, 2.45) is 11.8 Å². The van der Waals surface area contributed by atoms with Crippen LogP contribution in [-0.2, 0) is 0 Å². The van der Waals surface area contributed by atoms with Crippen LogP contribution in [0.15, 0.2) is 0 Å². The first-order valence-electron chi connectivity index (χ1n) is 7.60. The maximum absolute atomic E-state index is 9.35. The van der Waals surface area contributed by atoms with E-state index in [-0.39, 0.29) is 6.10 Å². The van der Waals surface area contributed by atoms with Gasteiger partial charge in [-0.2, -0.15) is 0 Å². The summed E-state index contributed by atoms with van der Waals surface area (Å²) >= 11 is 0. The van der Waals surface area contributed by atoms with E-state index in [9.17, 15) is 5.11 Å². The molecule has 3 heteroatoms. The molecule has 0 aromatic heterocycles. The zero-order valence-corrected chi connectivity index (χ0v) is 12.7. The molecule has 0 radical (unpaired) electrons. The Morgan fingerprint density at radius 1 is 1.39 bits per heavy atom. The molecule has 0 bridgehead atoms. The van der Waals surface area contributed by atoms with Crippen LogP contribution in [0, 0.1) is 11.8 Å². The van der Waals surface area contributed by atoms with Crippen LogP contribution in [0.3, 0.4) is 0 Å². The largest absolute Gasteiger partial charge is 0.393 e. The molecule has 3 nitrogen and oxygen atoms in total. The Labute approximate surface area is 113 Å². The first-order valence-corrected chi connectivity index (χ1v) is 7.60. The molecular weight excluding hydrogens is 224 g/mol. The molecule has 2 N–H and O–H groups in total. The summed E-state index contributed by atoms with van der Waals surface area (Å²) in [4.78, 5) is 2.39. The predicted octanol–water partition coefficient (Wildman–Crippen LogP) is 2.10. The normalized spacial score (nSPS) is 30.7. The summed E-state index contributed by atoms with van der Waals surface area (Å²) < 4.78 is 0.